The molecule has 3 aromatic rings. The number of thioether (sulfide) groups is 1. The summed E-state index contributed by atoms with van der Waals surface area (Å²) < 4.78 is 7.76. The van der Waals surface area contributed by atoms with Gasteiger partial charge in [0.05, 0.1) is 24.7 Å². The molecule has 3 rings (SSSR count). The van der Waals surface area contributed by atoms with Crippen molar-refractivity contribution in [3.05, 3.63) is 40.5 Å². The Morgan fingerprint density at radius 2 is 2.17 bits per heavy atom. The monoisotopic (exact) mass is 478 g/mol. The van der Waals surface area contributed by atoms with E-state index >= 15 is 0 Å². The molecule has 0 spiro atoms. The molecule has 0 fully saturated rings. The highest BCUT2D eigenvalue weighted by Gasteiger charge is 2.13. The third-order valence-electron chi connectivity index (χ3n) is 4.04. The van der Waals surface area contributed by atoms with Crippen molar-refractivity contribution in [3.8, 4) is 0 Å². The zero-order valence-electron chi connectivity index (χ0n) is 16.3. The van der Waals surface area contributed by atoms with E-state index in [-0.39, 0.29) is 5.91 Å². The first kappa shape index (κ1) is 21.5. The van der Waals surface area contributed by atoms with E-state index in [1.165, 1.54) is 0 Å². The van der Waals surface area contributed by atoms with Crippen molar-refractivity contribution in [1.82, 2.24) is 25.1 Å². The molecule has 0 unspecified atom stereocenters. The van der Waals surface area contributed by atoms with Gasteiger partial charge in [-0.3, -0.25) is 4.79 Å². The van der Waals surface area contributed by atoms with Gasteiger partial charge in [0.15, 0.2) is 10.8 Å². The van der Waals surface area contributed by atoms with Crippen molar-refractivity contribution in [2.75, 3.05) is 37.9 Å². The molecular weight excluding hydrogens is 456 g/mol. The molecule has 0 saturated heterocycles. The normalized spacial score (nSPS) is 11.0. The second kappa shape index (κ2) is 10.6. The molecule has 0 bridgehead atoms. The Kier molecular flexibility index (Phi) is 7.84. The van der Waals surface area contributed by atoms with Gasteiger partial charge < -0.3 is 15.4 Å². The van der Waals surface area contributed by atoms with Gasteiger partial charge in [-0.25, -0.2) is 14.6 Å². The van der Waals surface area contributed by atoms with Crippen molar-refractivity contribution < 1.29 is 9.53 Å². The van der Waals surface area contributed by atoms with E-state index in [4.69, 9.17) is 4.74 Å². The molecule has 1 amide bonds. The minimum atomic E-state index is -0.124. The van der Waals surface area contributed by atoms with Gasteiger partial charge in [0.1, 0.15) is 5.82 Å². The van der Waals surface area contributed by atoms with E-state index < -0.39 is 0 Å². The highest BCUT2D eigenvalue weighted by Crippen LogP contribution is 2.24. The minimum Gasteiger partial charge on any atom is -0.383 e. The number of fused-ring (bicyclic) bond motifs is 1. The zero-order chi connectivity index (χ0) is 20.6. The lowest BCUT2D eigenvalue weighted by Gasteiger charge is -2.09. The summed E-state index contributed by atoms with van der Waals surface area (Å²) in [5.74, 6) is 1.49. The first-order chi connectivity index (χ1) is 14.1. The van der Waals surface area contributed by atoms with E-state index in [9.17, 15) is 4.79 Å². The van der Waals surface area contributed by atoms with Crippen molar-refractivity contribution in [2.24, 2.45) is 0 Å². The number of halogens is 1. The van der Waals surface area contributed by atoms with Gasteiger partial charge in [0, 0.05) is 30.2 Å². The van der Waals surface area contributed by atoms with E-state index in [1.54, 1.807) is 41.9 Å². The highest BCUT2D eigenvalue weighted by molar-refractivity contribution is 9.10. The summed E-state index contributed by atoms with van der Waals surface area (Å²) in [5.41, 5.74) is 1.35. The summed E-state index contributed by atoms with van der Waals surface area (Å²) in [6.45, 7) is 4.23. The summed E-state index contributed by atoms with van der Waals surface area (Å²) in [6, 6.07) is 7.29. The molecular formula is C19H23BrN6O2S. The smallest absolute Gasteiger partial charge is 0.251 e. The van der Waals surface area contributed by atoms with Crippen molar-refractivity contribution in [1.29, 1.82) is 0 Å². The van der Waals surface area contributed by atoms with Crippen LogP contribution in [0.5, 0.6) is 0 Å². The maximum Gasteiger partial charge on any atom is 0.251 e. The first-order valence-electron chi connectivity index (χ1n) is 9.25. The lowest BCUT2D eigenvalue weighted by molar-refractivity contribution is 0.0952. The summed E-state index contributed by atoms with van der Waals surface area (Å²) >= 11 is 4.96. The number of nitrogens with one attached hydrogen (secondary N) is 2. The number of anilines is 1. The van der Waals surface area contributed by atoms with E-state index in [0.29, 0.717) is 37.0 Å². The number of benzene rings is 1. The summed E-state index contributed by atoms with van der Waals surface area (Å²) in [5, 5.41) is 12.2. The van der Waals surface area contributed by atoms with E-state index in [0.717, 1.165) is 27.1 Å². The third-order valence-corrected chi connectivity index (χ3v) is 5.27. The molecule has 154 valence electrons. The number of ether oxygens (including phenoxy) is 1. The third kappa shape index (κ3) is 5.68. The molecule has 0 radical (unpaired) electrons. The number of nitrogens with zero attached hydrogens (tertiary/aromatic N) is 4. The average Bonchev–Trinajstić information content (AvgIpc) is 3.11. The number of amides is 1. The molecule has 8 nitrogen and oxygen atoms in total. The molecule has 0 saturated carbocycles. The van der Waals surface area contributed by atoms with Crippen molar-refractivity contribution in [3.63, 3.8) is 0 Å². The standard InChI is InChI=1S/C19H23BrN6O2S/c1-3-29-19-24-16(21-8-10-28-2)15-12-23-26(17(15)25-19)9-7-22-18(27)13-5-4-6-14(20)11-13/h4-6,11-12H,3,7-10H2,1-2H3,(H,22,27)(H,21,24,25). The fourth-order valence-corrected chi connectivity index (χ4v) is 3.67. The van der Waals surface area contributed by atoms with Crippen LogP contribution in [0.4, 0.5) is 5.82 Å². The average molecular weight is 479 g/mol. The second-order valence-corrected chi connectivity index (χ2v) is 8.23. The van der Waals surface area contributed by atoms with Crippen LogP contribution in [0, 0.1) is 0 Å². The second-order valence-electron chi connectivity index (χ2n) is 6.08. The van der Waals surface area contributed by atoms with Crippen LogP contribution in [0.15, 0.2) is 40.1 Å². The number of methoxy groups -OCH3 is 1. The maximum absolute atomic E-state index is 12.3. The molecule has 0 aliphatic heterocycles. The highest BCUT2D eigenvalue weighted by atomic mass is 79.9. The molecule has 2 N–H and O–H groups in total. The lowest BCUT2D eigenvalue weighted by Crippen LogP contribution is -2.27. The minimum absolute atomic E-state index is 0.124. The van der Waals surface area contributed by atoms with Crippen LogP contribution in [0.3, 0.4) is 0 Å². The Hall–Kier alpha value is -2.17. The Bertz CT molecular complexity index is 980. The summed E-state index contributed by atoms with van der Waals surface area (Å²) in [6.07, 6.45) is 1.75. The van der Waals surface area contributed by atoms with Crippen LogP contribution in [-0.2, 0) is 11.3 Å². The van der Waals surface area contributed by atoms with Gasteiger partial charge in [0.2, 0.25) is 0 Å². The Morgan fingerprint density at radius 3 is 2.93 bits per heavy atom. The first-order valence-corrected chi connectivity index (χ1v) is 11.0. The summed E-state index contributed by atoms with van der Waals surface area (Å²) in [4.78, 5) is 21.6. The Labute approximate surface area is 182 Å². The van der Waals surface area contributed by atoms with Crippen LogP contribution >= 0.6 is 27.7 Å². The Morgan fingerprint density at radius 1 is 1.31 bits per heavy atom. The number of aromatic nitrogens is 4. The summed E-state index contributed by atoms with van der Waals surface area (Å²) in [7, 11) is 1.66. The van der Waals surface area contributed by atoms with Gasteiger partial charge in [-0.1, -0.05) is 40.7 Å². The molecule has 2 aromatic heterocycles. The Balaban J connectivity index is 1.72. The molecule has 10 heteroatoms. The van der Waals surface area contributed by atoms with Crippen LogP contribution in [0.1, 0.15) is 17.3 Å². The number of hydrogen-bond acceptors (Lipinski definition) is 7. The molecule has 0 atom stereocenters. The van der Waals surface area contributed by atoms with E-state index in [2.05, 4.69) is 48.6 Å². The predicted octanol–water partition coefficient (Wildman–Crippen LogP) is 3.19. The quantitative estimate of drug-likeness (QED) is 0.262. The number of carbonyl (C=O) groups is 1. The lowest BCUT2D eigenvalue weighted by atomic mass is 10.2. The van der Waals surface area contributed by atoms with Crippen LogP contribution in [0.25, 0.3) is 11.0 Å². The van der Waals surface area contributed by atoms with Gasteiger partial charge in [0.25, 0.3) is 5.91 Å². The molecule has 29 heavy (non-hydrogen) atoms. The van der Waals surface area contributed by atoms with E-state index in [1.807, 2.05) is 12.1 Å². The van der Waals surface area contributed by atoms with Crippen molar-refractivity contribution in [2.45, 2.75) is 18.6 Å². The van der Waals surface area contributed by atoms with Crippen LogP contribution < -0.4 is 10.6 Å². The fraction of sp³-hybridized carbons (Fsp3) is 0.368. The van der Waals surface area contributed by atoms with Crippen molar-refractivity contribution >= 4 is 50.5 Å². The van der Waals surface area contributed by atoms with Crippen LogP contribution in [0.2, 0.25) is 0 Å². The SMILES string of the molecule is CCSc1nc(NCCOC)c2cnn(CCNC(=O)c3cccc(Br)c3)c2n1. The van der Waals surface area contributed by atoms with Crippen LogP contribution in [-0.4, -0.2) is 58.2 Å². The largest absolute Gasteiger partial charge is 0.383 e. The fourth-order valence-electron chi connectivity index (χ4n) is 2.71. The number of carbonyl (C=O) groups excluding carboxylic acids is 1. The maximum atomic E-state index is 12.3. The number of hydrogen-bond donors (Lipinski definition) is 2. The topological polar surface area (TPSA) is 94.0 Å². The van der Waals surface area contributed by atoms with Gasteiger partial charge >= 0.3 is 0 Å². The molecule has 2 heterocycles. The van der Waals surface area contributed by atoms with Gasteiger partial charge in [-0.15, -0.1) is 0 Å². The molecule has 0 aliphatic rings. The predicted molar refractivity (Wildman–Crippen MR) is 119 cm³/mol. The van der Waals surface area contributed by atoms with Gasteiger partial charge in [-0.2, -0.15) is 5.10 Å². The molecule has 1 aromatic carbocycles. The molecule has 0 aliphatic carbocycles. The zero-order valence-corrected chi connectivity index (χ0v) is 18.7. The number of rotatable bonds is 10. The van der Waals surface area contributed by atoms with Gasteiger partial charge in [-0.05, 0) is 24.0 Å².